The van der Waals surface area contributed by atoms with E-state index in [0.717, 1.165) is 11.3 Å². The molecule has 0 heterocycles. The topological polar surface area (TPSA) is 322 Å². The second kappa shape index (κ2) is 54.9. The van der Waals surface area contributed by atoms with E-state index in [9.17, 15) is 24.0 Å². The number of alkyl carbamates (subject to hydrolysis) is 1. The number of Topliss-reactive ketones (excluding diaryl/α,β-unsaturated/α-hetero) is 6. The summed E-state index contributed by atoms with van der Waals surface area (Å²) in [6.45, 7) is 33.4. The third-order valence-electron chi connectivity index (χ3n) is 21.5. The molecule has 0 aliphatic heterocycles. The minimum atomic E-state index is -1.56. The Kier molecular flexibility index (Phi) is 46.4. The molecular weight excluding hydrogens is 1720 g/mol. The average molecular weight is 1870 g/mol. The first-order valence-electron chi connectivity index (χ1n) is 45.8. The minimum Gasteiger partial charge on any atom is -0.488 e. The highest BCUT2D eigenvalue weighted by Gasteiger charge is 2.43. The van der Waals surface area contributed by atoms with Crippen molar-refractivity contribution in [2.75, 3.05) is 63.2 Å². The summed E-state index contributed by atoms with van der Waals surface area (Å²) in [6.07, 6.45) is -0.575. The molecule has 5 N–H and O–H groups in total. The van der Waals surface area contributed by atoms with E-state index >= 15 is 28.8 Å². The smallest absolute Gasteiger partial charge is 0.407 e. The molecule has 0 bridgehead atoms. The van der Waals surface area contributed by atoms with Crippen LogP contribution < -0.4 is 36.1 Å². The first-order chi connectivity index (χ1) is 61.9. The Morgan fingerprint density at radius 3 is 1.34 bits per heavy atom. The Labute approximate surface area is 790 Å². The summed E-state index contributed by atoms with van der Waals surface area (Å²) < 4.78 is 49.7. The van der Waals surface area contributed by atoms with Crippen LogP contribution in [0.25, 0.3) is 0 Å². The number of hydrogen-bond donors (Lipinski definition) is 5. The molecule has 0 radical (unpaired) electrons. The lowest BCUT2D eigenvalue weighted by molar-refractivity contribution is -0.144. The Balaban J connectivity index is 1.42. The zero-order chi connectivity index (χ0) is 96.7. The molecule has 6 rings (SSSR count). The molecule has 0 aliphatic carbocycles. The first kappa shape index (κ1) is 111. The van der Waals surface area contributed by atoms with Crippen molar-refractivity contribution >= 4 is 97.8 Å². The number of nitrogens with one attached hydrogen (secondary N) is 5. The minimum absolute atomic E-state index is 0.0270. The van der Waals surface area contributed by atoms with Gasteiger partial charge in [-0.25, -0.2) is 4.79 Å². The van der Waals surface area contributed by atoms with E-state index in [-0.39, 0.29) is 87.9 Å². The Morgan fingerprint density at radius 2 is 0.863 bits per heavy atom. The molecule has 718 valence electrons. The van der Waals surface area contributed by atoms with E-state index in [1.165, 1.54) is 17.7 Å². The number of ketones is 6. The zero-order valence-corrected chi connectivity index (χ0v) is 83.2. The van der Waals surface area contributed by atoms with Crippen LogP contribution in [-0.4, -0.2) is 192 Å². The van der Waals surface area contributed by atoms with Crippen LogP contribution >= 0.6 is 33.3 Å². The Bertz CT molecular complexity index is 4440. The molecule has 27 heteroatoms. The van der Waals surface area contributed by atoms with Gasteiger partial charge in [0, 0.05) is 62.1 Å². The fourth-order valence-electron chi connectivity index (χ4n) is 14.9. The maximum atomic E-state index is 16.5. The molecule has 0 saturated carbocycles. The van der Waals surface area contributed by atoms with Crippen LogP contribution in [0.5, 0.6) is 11.5 Å². The maximum Gasteiger partial charge on any atom is 0.407 e. The fraction of sp³-hybridized carbons (Fsp3) is 0.548. The predicted molar refractivity (Wildman–Crippen MR) is 521 cm³/mol. The van der Waals surface area contributed by atoms with Crippen LogP contribution in [-0.2, 0) is 101 Å². The maximum absolute atomic E-state index is 16.5. The highest BCUT2D eigenvalue weighted by molar-refractivity contribution is 8.76. The van der Waals surface area contributed by atoms with E-state index in [1.807, 2.05) is 190 Å². The normalized spacial score (nSPS) is 14.6. The van der Waals surface area contributed by atoms with E-state index in [4.69, 9.17) is 37.9 Å². The van der Waals surface area contributed by atoms with Crippen LogP contribution in [0.1, 0.15) is 216 Å². The predicted octanol–water partition coefficient (Wildman–Crippen LogP) is 17.0. The van der Waals surface area contributed by atoms with Crippen molar-refractivity contribution in [2.45, 2.75) is 273 Å². The van der Waals surface area contributed by atoms with Crippen LogP contribution in [0, 0.1) is 29.6 Å². The van der Waals surface area contributed by atoms with Gasteiger partial charge in [0.05, 0.1) is 79.8 Å². The Morgan fingerprint density at radius 1 is 0.420 bits per heavy atom. The van der Waals surface area contributed by atoms with Crippen molar-refractivity contribution in [1.29, 1.82) is 0 Å². The molecule has 6 aromatic carbocycles. The molecule has 0 fully saturated rings. The van der Waals surface area contributed by atoms with Crippen LogP contribution in [0.3, 0.4) is 0 Å². The summed E-state index contributed by atoms with van der Waals surface area (Å²) in [7, 11) is 3.06. The van der Waals surface area contributed by atoms with Gasteiger partial charge in [-0.05, 0) is 218 Å². The summed E-state index contributed by atoms with van der Waals surface area (Å²) in [4.78, 5) is 163. The van der Waals surface area contributed by atoms with Gasteiger partial charge in [0.15, 0.2) is 28.9 Å². The number of amides is 5. The van der Waals surface area contributed by atoms with Crippen LogP contribution in [0.15, 0.2) is 170 Å². The van der Waals surface area contributed by atoms with Crippen molar-refractivity contribution in [2.24, 2.45) is 29.6 Å². The van der Waals surface area contributed by atoms with Crippen LogP contribution in [0.4, 0.5) is 4.79 Å². The Hall–Kier alpha value is -9.06. The molecule has 131 heavy (non-hydrogen) atoms. The van der Waals surface area contributed by atoms with E-state index in [2.05, 4.69) is 26.6 Å². The number of hydrogen-bond acceptors (Lipinski definition) is 22. The van der Waals surface area contributed by atoms with Gasteiger partial charge in [0.2, 0.25) is 23.6 Å². The lowest BCUT2D eigenvalue weighted by Crippen LogP contribution is -2.54. The van der Waals surface area contributed by atoms with Crippen LogP contribution in [0.2, 0.25) is 0 Å². The zero-order valence-electron chi connectivity index (χ0n) is 80.7. The SMILES string of the molecule is CCSSC[C@H](NC(=O)OC(C)C)C(=O)CCCOCCOCC(=O)N[C@@H](Cc1ccc(OC(C)(C)C)cc1)C(=O)C[C@@H](COC(C)(C)C)C(=O)N[C@H](C(=O)C[C@@H](COC(c1ccccc1)(c1ccccc1)c1ccccc1)C(=O)N[C@@H](Cc1ccc(OC(C)(C)C)cc1)C(=O)C[C@@H](Cc1ccccc1)C(=O)N[C@H](C(=O)C[C@@H](CCSC)C(C)=O)C(C)CC)C(C)OC(C)(C)C. The lowest BCUT2D eigenvalue weighted by atomic mass is 9.80. The van der Waals surface area contributed by atoms with Crippen molar-refractivity contribution in [3.05, 3.63) is 203 Å². The number of carbonyl (C=O) groups excluding carboxylic acids is 11. The highest BCUT2D eigenvalue weighted by atomic mass is 33.1. The molecule has 0 aromatic heterocycles. The third kappa shape index (κ3) is 40.3. The number of thioether (sulfide) groups is 1. The van der Waals surface area contributed by atoms with E-state index in [1.54, 1.807) is 133 Å². The van der Waals surface area contributed by atoms with Gasteiger partial charge in [-0.3, -0.25) is 47.9 Å². The van der Waals surface area contributed by atoms with Gasteiger partial charge in [-0.1, -0.05) is 194 Å². The third-order valence-corrected chi connectivity index (χ3v) is 24.7. The number of rotatable bonds is 59. The largest absolute Gasteiger partial charge is 0.488 e. The molecule has 0 saturated heterocycles. The highest BCUT2D eigenvalue weighted by Crippen LogP contribution is 2.42. The van der Waals surface area contributed by atoms with Gasteiger partial charge < -0.3 is 64.5 Å². The molecular formula is C104H145N5O19S3. The molecule has 0 spiro atoms. The number of ether oxygens (including phenoxy) is 8. The standard InChI is InChI=1S/C104H145N5O19S3/c1-21-70(5)94(91(114)61-76(71(6)110)53-57-129-20)108-96(117)77(58-73-36-27-23-28-37-73)62-89(112)86(60-75-47-51-84(52-48-75)128-103(17,18)19)106-97(118)79(66-124-104(80-38-29-24-30-39-80,81-40-31-25-32-41-81)82-42-33-26-34-43-82)64-92(115)95(72(7)126-101(11,12)13)109-98(119)78(65-123-100(8,9)10)63-90(113)85(59-74-45-49-83(50-46-74)127-102(14,15)16)105-93(116)67-122-56-55-121-54-35-44-88(111)87(68-131-130-22-2)107-99(120)125-69(3)4/h23-34,36-43,45-52,69-70,72,76-79,85-87,94-95H,21-22,35,44,53-68H2,1-20H3,(H,105,116)(H,106,118)(H,107,120)(H,108,117)(H,109,119)/t70?,72?,76-,77-,78+,79+,85+,86+,87+,94+,95+/m1/s1. The molecule has 0 aliphatic rings. The monoisotopic (exact) mass is 1860 g/mol. The molecule has 24 nitrogen and oxygen atoms in total. The summed E-state index contributed by atoms with van der Waals surface area (Å²) >= 11 is 1.57. The lowest BCUT2D eigenvalue weighted by Gasteiger charge is -2.37. The fourth-order valence-corrected chi connectivity index (χ4v) is 17.3. The average Bonchev–Trinajstić information content (AvgIpc) is 0.754. The molecule has 6 aromatic rings. The number of carbonyl (C=O) groups is 11. The molecule has 5 amide bonds. The quantitative estimate of drug-likeness (QED) is 0.0135. The van der Waals surface area contributed by atoms with Gasteiger partial charge in [-0.15, -0.1) is 0 Å². The van der Waals surface area contributed by atoms with Gasteiger partial charge >= 0.3 is 6.09 Å². The number of benzene rings is 6. The van der Waals surface area contributed by atoms with Crippen molar-refractivity contribution in [1.82, 2.24) is 26.6 Å². The van der Waals surface area contributed by atoms with Crippen molar-refractivity contribution in [3.63, 3.8) is 0 Å². The van der Waals surface area contributed by atoms with Crippen molar-refractivity contribution in [3.8, 4) is 11.5 Å². The van der Waals surface area contributed by atoms with Crippen molar-refractivity contribution < 1.29 is 90.6 Å². The second-order valence-electron chi connectivity index (χ2n) is 37.7. The summed E-state index contributed by atoms with van der Waals surface area (Å²) in [5.41, 5.74) is -0.443. The first-order valence-corrected chi connectivity index (χ1v) is 49.7. The summed E-state index contributed by atoms with van der Waals surface area (Å²) in [5.74, 6) is -7.14. The molecule has 11 atom stereocenters. The summed E-state index contributed by atoms with van der Waals surface area (Å²) in [5, 5.41) is 14.7. The van der Waals surface area contributed by atoms with Gasteiger partial charge in [-0.2, -0.15) is 11.8 Å². The van der Waals surface area contributed by atoms with Gasteiger partial charge in [0.1, 0.15) is 52.8 Å². The second-order valence-corrected chi connectivity index (χ2v) is 41.5. The summed E-state index contributed by atoms with van der Waals surface area (Å²) in [6, 6.07) is 45.7. The molecule has 2 unspecified atom stereocenters. The van der Waals surface area contributed by atoms with Gasteiger partial charge in [0.25, 0.3) is 0 Å². The van der Waals surface area contributed by atoms with E-state index in [0.29, 0.717) is 70.1 Å². The van der Waals surface area contributed by atoms with E-state index < -0.39 is 168 Å².